The van der Waals surface area contributed by atoms with Gasteiger partial charge < -0.3 is 10.1 Å². The predicted molar refractivity (Wildman–Crippen MR) is 104 cm³/mol. The van der Waals surface area contributed by atoms with Crippen molar-refractivity contribution in [1.29, 1.82) is 0 Å². The van der Waals surface area contributed by atoms with Crippen LogP contribution in [0.5, 0.6) is 5.75 Å². The second-order valence-electron chi connectivity index (χ2n) is 5.69. The van der Waals surface area contributed by atoms with Crippen LogP contribution in [0.2, 0.25) is 0 Å². The molecule has 1 saturated heterocycles. The van der Waals surface area contributed by atoms with Crippen LogP contribution in [-0.2, 0) is 20.0 Å². The van der Waals surface area contributed by atoms with Crippen molar-refractivity contribution >= 4 is 32.5 Å². The quantitative estimate of drug-likeness (QED) is 0.619. The summed E-state index contributed by atoms with van der Waals surface area (Å²) in [6.07, 6.45) is 0. The van der Waals surface area contributed by atoms with Gasteiger partial charge in [0.2, 0.25) is 20.0 Å². The van der Waals surface area contributed by atoms with E-state index in [1.165, 1.54) is 11.2 Å². The highest BCUT2D eigenvalue weighted by Gasteiger charge is 2.34. The molecule has 2 N–H and O–H groups in total. The number of ether oxygens (including phenoxy) is 1. The summed E-state index contributed by atoms with van der Waals surface area (Å²) in [6, 6.07) is 6.92. The normalized spacial score (nSPS) is 18.9. The van der Waals surface area contributed by atoms with Gasteiger partial charge in [-0.15, -0.1) is 12.4 Å². The molecule has 0 bridgehead atoms. The molecule has 1 heterocycles. The van der Waals surface area contributed by atoms with Gasteiger partial charge in [-0.3, -0.25) is 0 Å². The van der Waals surface area contributed by atoms with Gasteiger partial charge in [0, 0.05) is 31.7 Å². The molecule has 150 valence electrons. The second kappa shape index (κ2) is 9.86. The lowest BCUT2D eigenvalue weighted by atomic mass is 10.0. The molecule has 1 aliphatic heterocycles. The Labute approximate surface area is 161 Å². The molecule has 1 atom stereocenters. The summed E-state index contributed by atoms with van der Waals surface area (Å²) in [7, 11) is -5.49. The van der Waals surface area contributed by atoms with E-state index in [0.29, 0.717) is 25.4 Å². The zero-order valence-electron chi connectivity index (χ0n) is 14.8. The zero-order valence-corrected chi connectivity index (χ0v) is 17.3. The topological polar surface area (TPSA) is 105 Å². The molecule has 8 nitrogen and oxygen atoms in total. The molecule has 0 aliphatic carbocycles. The first-order chi connectivity index (χ1) is 11.8. The fraction of sp³-hybridized carbons (Fsp3) is 0.600. The maximum atomic E-state index is 12.8. The molecule has 0 aromatic heterocycles. The Morgan fingerprint density at radius 3 is 2.62 bits per heavy atom. The number of piperazine rings is 1. The molecular formula is C15H26ClN3O5S2. The van der Waals surface area contributed by atoms with E-state index in [9.17, 15) is 16.8 Å². The van der Waals surface area contributed by atoms with E-state index < -0.39 is 26.1 Å². The van der Waals surface area contributed by atoms with Crippen molar-refractivity contribution < 1.29 is 21.6 Å². The predicted octanol–water partition coefficient (Wildman–Crippen LogP) is 0.332. The SMILES string of the molecule is CCS(=O)(=O)NCCS(=O)(=O)N1CCNCC1c1ccccc1OC.Cl. The Balaban J connectivity index is 0.00000338. The smallest absolute Gasteiger partial charge is 0.216 e. The molecular weight excluding hydrogens is 402 g/mol. The van der Waals surface area contributed by atoms with Gasteiger partial charge in [-0.05, 0) is 13.0 Å². The van der Waals surface area contributed by atoms with E-state index >= 15 is 0 Å². The largest absolute Gasteiger partial charge is 0.496 e. The third-order valence-corrected chi connectivity index (χ3v) is 7.39. The highest BCUT2D eigenvalue weighted by atomic mass is 35.5. The van der Waals surface area contributed by atoms with Crippen molar-refractivity contribution in [2.75, 3.05) is 44.8 Å². The summed E-state index contributed by atoms with van der Waals surface area (Å²) in [5.74, 6) is 0.269. The maximum absolute atomic E-state index is 12.8. The average molecular weight is 428 g/mol. The lowest BCUT2D eigenvalue weighted by molar-refractivity contribution is 0.265. The summed E-state index contributed by atoms with van der Waals surface area (Å²) in [5.41, 5.74) is 0.787. The van der Waals surface area contributed by atoms with Crippen molar-refractivity contribution in [1.82, 2.24) is 14.3 Å². The first kappa shape index (κ1) is 23.1. The lowest BCUT2D eigenvalue weighted by Gasteiger charge is -2.36. The lowest BCUT2D eigenvalue weighted by Crippen LogP contribution is -2.50. The minimum atomic E-state index is -3.63. The van der Waals surface area contributed by atoms with Crippen LogP contribution in [0.1, 0.15) is 18.5 Å². The van der Waals surface area contributed by atoms with Crippen molar-refractivity contribution in [2.24, 2.45) is 0 Å². The highest BCUT2D eigenvalue weighted by molar-refractivity contribution is 7.90. The van der Waals surface area contributed by atoms with Crippen LogP contribution in [-0.4, -0.2) is 65.9 Å². The van der Waals surface area contributed by atoms with Crippen LogP contribution in [0, 0.1) is 0 Å². The van der Waals surface area contributed by atoms with Crippen molar-refractivity contribution in [3.05, 3.63) is 29.8 Å². The Bertz CT molecular complexity index is 786. The number of sulfonamides is 2. The molecule has 2 rings (SSSR count). The van der Waals surface area contributed by atoms with Gasteiger partial charge in [-0.2, -0.15) is 4.31 Å². The van der Waals surface area contributed by atoms with Crippen LogP contribution in [0.15, 0.2) is 24.3 Å². The molecule has 1 fully saturated rings. The molecule has 0 amide bonds. The van der Waals surface area contributed by atoms with Gasteiger partial charge in [0.15, 0.2) is 0 Å². The number of nitrogens with zero attached hydrogens (tertiary/aromatic N) is 1. The highest BCUT2D eigenvalue weighted by Crippen LogP contribution is 2.31. The first-order valence-corrected chi connectivity index (χ1v) is 11.4. The number of methoxy groups -OCH3 is 1. The summed E-state index contributed by atoms with van der Waals surface area (Å²) in [4.78, 5) is 0. The Hall–Kier alpha value is -0.910. The van der Waals surface area contributed by atoms with Gasteiger partial charge in [-0.1, -0.05) is 18.2 Å². The third kappa shape index (κ3) is 5.80. The van der Waals surface area contributed by atoms with Crippen LogP contribution < -0.4 is 14.8 Å². The van der Waals surface area contributed by atoms with E-state index in [1.54, 1.807) is 13.2 Å². The molecule has 26 heavy (non-hydrogen) atoms. The minimum Gasteiger partial charge on any atom is -0.496 e. The number of hydrogen-bond acceptors (Lipinski definition) is 6. The third-order valence-electron chi connectivity index (χ3n) is 4.11. The molecule has 11 heteroatoms. The Morgan fingerprint density at radius 1 is 1.27 bits per heavy atom. The second-order valence-corrected chi connectivity index (χ2v) is 9.82. The molecule has 1 aromatic carbocycles. The zero-order chi connectivity index (χ0) is 18.5. The number of rotatable bonds is 8. The maximum Gasteiger partial charge on any atom is 0.216 e. The van der Waals surface area contributed by atoms with Crippen LogP contribution in [0.3, 0.4) is 0 Å². The van der Waals surface area contributed by atoms with Crippen molar-refractivity contribution in [2.45, 2.75) is 13.0 Å². The molecule has 0 radical (unpaired) electrons. The summed E-state index contributed by atoms with van der Waals surface area (Å²) >= 11 is 0. The van der Waals surface area contributed by atoms with E-state index in [-0.39, 0.29) is 30.5 Å². The standard InChI is InChI=1S/C15H25N3O5S2.ClH/c1-3-24(19,20)17-9-11-25(21,22)18-10-8-16-12-14(18)13-6-4-5-7-15(13)23-2;/h4-7,14,16-17H,3,8-12H2,1-2H3;1H. The molecule has 0 spiro atoms. The monoisotopic (exact) mass is 427 g/mol. The van der Waals surface area contributed by atoms with Gasteiger partial charge >= 0.3 is 0 Å². The van der Waals surface area contributed by atoms with E-state index in [1.807, 2.05) is 18.2 Å². The first-order valence-electron chi connectivity index (χ1n) is 8.11. The fourth-order valence-electron chi connectivity index (χ4n) is 2.77. The Kier molecular flexibility index (Phi) is 8.77. The number of para-hydroxylation sites is 1. The summed E-state index contributed by atoms with van der Waals surface area (Å²) < 4.78 is 57.6. The van der Waals surface area contributed by atoms with Crippen molar-refractivity contribution in [3.8, 4) is 5.75 Å². The summed E-state index contributed by atoms with van der Waals surface area (Å²) in [6.45, 7) is 2.71. The van der Waals surface area contributed by atoms with Crippen LogP contribution in [0.25, 0.3) is 0 Å². The van der Waals surface area contributed by atoms with Crippen molar-refractivity contribution in [3.63, 3.8) is 0 Å². The van der Waals surface area contributed by atoms with Crippen LogP contribution >= 0.6 is 12.4 Å². The van der Waals surface area contributed by atoms with Gasteiger partial charge in [0.1, 0.15) is 5.75 Å². The van der Waals surface area contributed by atoms with Crippen LogP contribution in [0.4, 0.5) is 0 Å². The van der Waals surface area contributed by atoms with E-state index in [2.05, 4.69) is 10.0 Å². The summed E-state index contributed by atoms with van der Waals surface area (Å²) in [5, 5.41) is 3.20. The number of benzene rings is 1. The molecule has 0 saturated carbocycles. The Morgan fingerprint density at radius 2 is 1.96 bits per heavy atom. The number of halogens is 1. The number of hydrogen-bond donors (Lipinski definition) is 2. The minimum absolute atomic E-state index is 0. The number of nitrogens with one attached hydrogen (secondary N) is 2. The van der Waals surface area contributed by atoms with E-state index in [0.717, 1.165) is 5.56 Å². The average Bonchev–Trinajstić information content (AvgIpc) is 2.61. The molecule has 1 aliphatic rings. The molecule has 1 unspecified atom stereocenters. The van der Waals surface area contributed by atoms with Gasteiger partial charge in [0.05, 0.1) is 24.7 Å². The molecule has 1 aromatic rings. The van der Waals surface area contributed by atoms with E-state index in [4.69, 9.17) is 4.74 Å². The fourth-order valence-corrected chi connectivity index (χ4v) is 5.06. The van der Waals surface area contributed by atoms with Gasteiger partial charge in [-0.25, -0.2) is 21.6 Å². The van der Waals surface area contributed by atoms with Gasteiger partial charge in [0.25, 0.3) is 0 Å².